The van der Waals surface area contributed by atoms with Crippen molar-refractivity contribution in [2.75, 3.05) is 0 Å². The molecule has 0 saturated carbocycles. The molecule has 7 aromatic rings. The Hall–Kier alpha value is -5.12. The number of hydrogen-bond acceptors (Lipinski definition) is 4. The number of carbonyl (C=O) groups is 1. The van der Waals surface area contributed by atoms with E-state index in [1.54, 1.807) is 0 Å². The predicted molar refractivity (Wildman–Crippen MR) is 216 cm³/mol. The first-order valence-corrected chi connectivity index (χ1v) is 19.5. The van der Waals surface area contributed by atoms with Crippen molar-refractivity contribution in [3.05, 3.63) is 239 Å². The van der Waals surface area contributed by atoms with Gasteiger partial charge in [0.1, 0.15) is 0 Å². The van der Waals surface area contributed by atoms with Gasteiger partial charge in [-0.2, -0.15) is 0 Å². The number of ketones is 1. The van der Waals surface area contributed by atoms with Crippen molar-refractivity contribution in [2.24, 2.45) is 0 Å². The summed E-state index contributed by atoms with van der Waals surface area (Å²) in [7, 11) is -2.70. The second kappa shape index (κ2) is 20.7. The van der Waals surface area contributed by atoms with Crippen LogP contribution >= 0.6 is 15.2 Å². The van der Waals surface area contributed by atoms with Gasteiger partial charge in [0.25, 0.3) is 0 Å². The number of nitrogens with zero attached hydrogens (tertiary/aromatic N) is 1. The third kappa shape index (κ3) is 10.7. The molecule has 0 aromatic heterocycles. The minimum Gasteiger partial charge on any atom is -0.356 e. The maximum Gasteiger partial charge on any atom is 1.00 e. The Labute approximate surface area is 322 Å². The summed E-state index contributed by atoms with van der Waals surface area (Å²) in [5.74, 6) is 0.0606. The Balaban J connectivity index is 0.000000219. The Morgan fingerprint density at radius 3 is 0.942 bits per heavy atom. The average molecular weight is 902 g/mol. The van der Waals surface area contributed by atoms with Gasteiger partial charge in [0.2, 0.25) is 0 Å². The standard InChI is InChI=1S/C26H21OP.C18H15P.Au.NO3/c27-26(22-13-5-1-6-14-22)21-28(23-15-7-2-8-16-23,24-17-9-3-10-18-24)25-19-11-4-12-20-25;1-4-10-16(11-5-1)19(17-12-6-2-7-13-17)18-14-8-3-9-15-18;;2-1(3)4/h1-21H;1-15H;;/q;;+1;-1. The molecule has 5 nitrogen and oxygen atoms in total. The molecule has 8 heteroatoms. The van der Waals surface area contributed by atoms with E-state index in [-0.39, 0.29) is 28.2 Å². The smallest absolute Gasteiger partial charge is 0.356 e. The van der Waals surface area contributed by atoms with Gasteiger partial charge in [-0.05, 0) is 66.4 Å². The Bertz CT molecular complexity index is 1870. The van der Waals surface area contributed by atoms with Gasteiger partial charge >= 0.3 is 22.4 Å². The van der Waals surface area contributed by atoms with Crippen molar-refractivity contribution in [1.82, 2.24) is 0 Å². The van der Waals surface area contributed by atoms with Crippen molar-refractivity contribution in [2.45, 2.75) is 0 Å². The van der Waals surface area contributed by atoms with E-state index in [2.05, 4.69) is 164 Å². The molecular weight excluding hydrogens is 865 g/mol. The fourth-order valence-electron chi connectivity index (χ4n) is 5.69. The molecule has 0 heterocycles. The van der Waals surface area contributed by atoms with E-state index in [1.807, 2.05) is 54.7 Å². The summed E-state index contributed by atoms with van der Waals surface area (Å²) in [4.78, 5) is 21.6. The third-order valence-corrected chi connectivity index (χ3v) is 14.3. The molecule has 0 N–H and O–H groups in total. The molecule has 52 heavy (non-hydrogen) atoms. The molecule has 0 radical (unpaired) electrons. The average Bonchev–Trinajstić information content (AvgIpc) is 3.20. The maximum absolute atomic E-state index is 13.4. The zero-order chi connectivity index (χ0) is 35.7. The normalized spacial score (nSPS) is 10.2. The molecule has 0 amide bonds. The van der Waals surface area contributed by atoms with Crippen LogP contribution in [0.3, 0.4) is 0 Å². The number of carbonyl (C=O) groups excluding carboxylic acids is 1. The van der Waals surface area contributed by atoms with E-state index in [1.165, 1.54) is 31.8 Å². The van der Waals surface area contributed by atoms with E-state index in [0.29, 0.717) is 0 Å². The van der Waals surface area contributed by atoms with Crippen molar-refractivity contribution < 1.29 is 32.3 Å². The molecule has 262 valence electrons. The molecule has 0 unspecified atom stereocenters. The Morgan fingerprint density at radius 2 is 0.673 bits per heavy atom. The van der Waals surface area contributed by atoms with Crippen LogP contribution in [0.15, 0.2) is 212 Å². The van der Waals surface area contributed by atoms with Gasteiger partial charge in [-0.1, -0.05) is 164 Å². The minimum atomic E-state index is -2.25. The zero-order valence-electron chi connectivity index (χ0n) is 28.1. The minimum absolute atomic E-state index is 0. The fourth-order valence-corrected chi connectivity index (χ4v) is 11.8. The van der Waals surface area contributed by atoms with E-state index in [0.717, 1.165) is 5.56 Å². The summed E-state index contributed by atoms with van der Waals surface area (Å²) in [6.07, 6.45) is 1.97. The largest absolute Gasteiger partial charge is 1.00 e. The fraction of sp³-hybridized carbons (Fsp3) is 0. The van der Waals surface area contributed by atoms with E-state index in [4.69, 9.17) is 15.3 Å². The van der Waals surface area contributed by atoms with Crippen molar-refractivity contribution in [3.63, 3.8) is 0 Å². The third-order valence-electron chi connectivity index (χ3n) is 7.90. The van der Waals surface area contributed by atoms with Crippen LogP contribution in [-0.2, 0) is 22.4 Å². The van der Waals surface area contributed by atoms with Gasteiger partial charge in [0, 0.05) is 0 Å². The second-order valence-electron chi connectivity index (χ2n) is 11.2. The molecule has 7 rings (SSSR count). The van der Waals surface area contributed by atoms with Crippen LogP contribution in [0.2, 0.25) is 0 Å². The van der Waals surface area contributed by atoms with Gasteiger partial charge < -0.3 is 20.1 Å². The molecule has 0 aliphatic rings. The molecule has 0 saturated heterocycles. The van der Waals surface area contributed by atoms with Crippen LogP contribution in [-0.4, -0.2) is 10.9 Å². The first kappa shape index (κ1) is 39.7. The van der Waals surface area contributed by atoms with E-state index >= 15 is 0 Å². The summed E-state index contributed by atoms with van der Waals surface area (Å²) in [6, 6.07) is 73.1. The monoisotopic (exact) mass is 901 g/mol. The van der Waals surface area contributed by atoms with Gasteiger partial charge in [-0.25, -0.2) is 0 Å². The first-order chi connectivity index (χ1) is 25.0. The van der Waals surface area contributed by atoms with Gasteiger partial charge in [0.05, 0.1) is 34.0 Å². The molecule has 0 spiro atoms. The van der Waals surface area contributed by atoms with Gasteiger partial charge in [0.15, 0.2) is 0 Å². The summed E-state index contributed by atoms with van der Waals surface area (Å²) >= 11 is 0. The number of hydrogen-bond donors (Lipinski definition) is 0. The Morgan fingerprint density at radius 1 is 0.442 bits per heavy atom. The Kier molecular flexibility index (Phi) is 15.8. The number of Topliss-reactive ketones (excluding diaryl/α,β-unsaturated/α-hetero) is 1. The molecule has 0 aliphatic carbocycles. The molecule has 0 aliphatic heterocycles. The SMILES string of the molecule is O=C([CH-][P+](c1ccccc1)(c1ccccc1)c1ccccc1)c1ccccc1.O=[N+]([O-])[O-].[Au+].c1ccc(P(c2ccccc2)c2ccccc2)cc1. The van der Waals surface area contributed by atoms with Crippen LogP contribution < -0.4 is 31.8 Å². The molecule has 0 atom stereocenters. The van der Waals surface area contributed by atoms with Crippen LogP contribution in [0.1, 0.15) is 10.4 Å². The second-order valence-corrected chi connectivity index (χ2v) is 16.6. The van der Waals surface area contributed by atoms with Crippen molar-refractivity contribution in [1.29, 1.82) is 0 Å². The topological polar surface area (TPSA) is 83.3 Å². The summed E-state index contributed by atoms with van der Waals surface area (Å²) < 4.78 is 0. The molecule has 0 bridgehead atoms. The number of rotatable bonds is 9. The van der Waals surface area contributed by atoms with E-state index in [9.17, 15) is 4.79 Å². The predicted octanol–water partition coefficient (Wildman–Crippen LogP) is 8.23. The van der Waals surface area contributed by atoms with Crippen molar-refractivity contribution >= 4 is 52.8 Å². The number of benzene rings is 7. The van der Waals surface area contributed by atoms with Gasteiger partial charge in [-0.15, -0.1) is 17.7 Å². The molecule has 7 aromatic carbocycles. The van der Waals surface area contributed by atoms with Crippen molar-refractivity contribution in [3.8, 4) is 0 Å². The molecule has 0 fully saturated rings. The molecular formula is C44H36AuNO4P2. The van der Waals surface area contributed by atoms with Crippen LogP contribution in [0, 0.1) is 21.5 Å². The van der Waals surface area contributed by atoms with Crippen LogP contribution in [0.5, 0.6) is 0 Å². The van der Waals surface area contributed by atoms with Gasteiger partial charge in [-0.3, -0.25) is 0 Å². The summed E-state index contributed by atoms with van der Waals surface area (Å²) in [6.45, 7) is 0. The van der Waals surface area contributed by atoms with Crippen LogP contribution in [0.25, 0.3) is 0 Å². The first-order valence-electron chi connectivity index (χ1n) is 16.3. The summed E-state index contributed by atoms with van der Waals surface area (Å²) in [5.41, 5.74) is 0.717. The summed E-state index contributed by atoms with van der Waals surface area (Å²) in [5, 5.41) is 22.5. The quantitative estimate of drug-likeness (QED) is 0.0366. The van der Waals surface area contributed by atoms with Crippen LogP contribution in [0.4, 0.5) is 0 Å². The zero-order valence-corrected chi connectivity index (χ0v) is 32.0. The maximum atomic E-state index is 13.4. The van der Waals surface area contributed by atoms with E-state index < -0.39 is 20.3 Å².